The van der Waals surface area contributed by atoms with Crippen LogP contribution in [0.2, 0.25) is 0 Å². The first-order chi connectivity index (χ1) is 13.8. The van der Waals surface area contributed by atoms with E-state index in [9.17, 15) is 22.8 Å². The van der Waals surface area contributed by atoms with Gasteiger partial charge in [0.1, 0.15) is 0 Å². The number of carbonyl (C=O) groups excluding carboxylic acids is 2. The van der Waals surface area contributed by atoms with Crippen LogP contribution in [0.3, 0.4) is 0 Å². The number of benzene rings is 1. The molecule has 5 nitrogen and oxygen atoms in total. The number of alkyl halides is 3. The summed E-state index contributed by atoms with van der Waals surface area (Å²) in [5.41, 5.74) is -1.23. The maximum Gasteiger partial charge on any atom is 0.417 e. The largest absolute Gasteiger partial charge is 0.417 e. The molecule has 2 amide bonds. The highest BCUT2D eigenvalue weighted by Crippen LogP contribution is 2.32. The van der Waals surface area contributed by atoms with Gasteiger partial charge in [-0.05, 0) is 30.9 Å². The fourth-order valence-electron chi connectivity index (χ4n) is 4.10. The number of halogens is 3. The summed E-state index contributed by atoms with van der Waals surface area (Å²) < 4.78 is 39.5. The normalized spacial score (nSPS) is 19.2. The summed E-state index contributed by atoms with van der Waals surface area (Å²) in [5.74, 6) is -0.0760. The van der Waals surface area contributed by atoms with Crippen LogP contribution < -0.4 is 5.32 Å². The fraction of sp³-hybridized carbons (Fsp3) is 0.619. The summed E-state index contributed by atoms with van der Waals surface area (Å²) in [6, 6.07) is 4.87. The Bertz CT molecular complexity index is 709. The molecule has 3 rings (SSSR count). The maximum atomic E-state index is 13.2. The lowest BCUT2D eigenvalue weighted by Crippen LogP contribution is -2.51. The Morgan fingerprint density at radius 3 is 2.31 bits per heavy atom. The van der Waals surface area contributed by atoms with E-state index in [1.807, 2.05) is 4.90 Å². The van der Waals surface area contributed by atoms with Crippen LogP contribution in [0.25, 0.3) is 0 Å². The van der Waals surface area contributed by atoms with Crippen molar-refractivity contribution in [1.29, 1.82) is 0 Å². The Labute approximate surface area is 169 Å². The van der Waals surface area contributed by atoms with Gasteiger partial charge in [-0.2, -0.15) is 13.2 Å². The standard InChI is InChI=1S/C21H28F3N3O2/c22-21(23,24)18-9-5-4-8-17(18)20(29)27-12-10-26(11-13-27)15-19(28)25-14-16-6-2-1-3-7-16/h4-5,8-9,16H,1-3,6-7,10-15H2,(H,25,28). The second-order valence-electron chi connectivity index (χ2n) is 7.92. The van der Waals surface area contributed by atoms with Gasteiger partial charge >= 0.3 is 6.18 Å². The second kappa shape index (κ2) is 9.61. The monoisotopic (exact) mass is 411 g/mol. The molecular weight excluding hydrogens is 383 g/mol. The number of nitrogens with zero attached hydrogens (tertiary/aromatic N) is 2. The number of hydrogen-bond donors (Lipinski definition) is 1. The summed E-state index contributed by atoms with van der Waals surface area (Å²) in [6.45, 7) is 2.52. The molecule has 1 saturated heterocycles. The van der Waals surface area contributed by atoms with E-state index >= 15 is 0 Å². The molecule has 0 unspecified atom stereocenters. The molecule has 0 aromatic heterocycles. The molecule has 0 radical (unpaired) electrons. The Balaban J connectivity index is 1.47. The summed E-state index contributed by atoms with van der Waals surface area (Å²) in [4.78, 5) is 28.2. The first-order valence-corrected chi connectivity index (χ1v) is 10.3. The molecule has 2 aliphatic rings. The predicted molar refractivity (Wildman–Crippen MR) is 103 cm³/mol. The summed E-state index contributed by atoms with van der Waals surface area (Å²) in [6.07, 6.45) is 1.51. The SMILES string of the molecule is O=C(CN1CCN(C(=O)c2ccccc2C(F)(F)F)CC1)NCC1CCCCC1. The van der Waals surface area contributed by atoms with Gasteiger partial charge in [0.05, 0.1) is 17.7 Å². The highest BCUT2D eigenvalue weighted by atomic mass is 19.4. The van der Waals surface area contributed by atoms with Crippen molar-refractivity contribution in [3.8, 4) is 0 Å². The van der Waals surface area contributed by atoms with E-state index in [2.05, 4.69) is 5.32 Å². The van der Waals surface area contributed by atoms with Gasteiger partial charge in [0, 0.05) is 32.7 Å². The van der Waals surface area contributed by atoms with Crippen LogP contribution in [-0.2, 0) is 11.0 Å². The van der Waals surface area contributed by atoms with Gasteiger partial charge in [0.2, 0.25) is 5.91 Å². The zero-order valence-electron chi connectivity index (χ0n) is 16.5. The van der Waals surface area contributed by atoms with E-state index in [0.29, 0.717) is 38.6 Å². The lowest BCUT2D eigenvalue weighted by atomic mass is 9.89. The van der Waals surface area contributed by atoms with Gasteiger partial charge in [0.25, 0.3) is 5.91 Å². The number of piperazine rings is 1. The van der Waals surface area contributed by atoms with Crippen LogP contribution in [0.5, 0.6) is 0 Å². The molecular formula is C21H28F3N3O2. The Morgan fingerprint density at radius 2 is 1.66 bits per heavy atom. The minimum absolute atomic E-state index is 0.0298. The number of carbonyl (C=O) groups is 2. The van der Waals surface area contributed by atoms with Crippen LogP contribution >= 0.6 is 0 Å². The van der Waals surface area contributed by atoms with Gasteiger partial charge < -0.3 is 10.2 Å². The molecule has 2 fully saturated rings. The molecule has 1 aromatic rings. The number of amides is 2. The Morgan fingerprint density at radius 1 is 1.00 bits per heavy atom. The van der Waals surface area contributed by atoms with Gasteiger partial charge in [-0.25, -0.2) is 0 Å². The maximum absolute atomic E-state index is 13.2. The number of hydrogen-bond acceptors (Lipinski definition) is 3. The lowest BCUT2D eigenvalue weighted by molar-refractivity contribution is -0.138. The predicted octanol–water partition coefficient (Wildman–Crippen LogP) is 3.16. The minimum Gasteiger partial charge on any atom is -0.355 e. The van der Waals surface area contributed by atoms with E-state index < -0.39 is 17.6 Å². The first kappa shape index (κ1) is 21.6. The van der Waals surface area contributed by atoms with Crippen molar-refractivity contribution < 1.29 is 22.8 Å². The van der Waals surface area contributed by atoms with Crippen molar-refractivity contribution in [3.63, 3.8) is 0 Å². The van der Waals surface area contributed by atoms with Crippen LogP contribution in [0.4, 0.5) is 13.2 Å². The van der Waals surface area contributed by atoms with Crippen LogP contribution in [0.1, 0.15) is 48.0 Å². The summed E-state index contributed by atoms with van der Waals surface area (Å²) >= 11 is 0. The molecule has 1 heterocycles. The molecule has 29 heavy (non-hydrogen) atoms. The third-order valence-corrected chi connectivity index (χ3v) is 5.80. The highest BCUT2D eigenvalue weighted by molar-refractivity contribution is 5.96. The van der Waals surface area contributed by atoms with Crippen LogP contribution in [0.15, 0.2) is 24.3 Å². The minimum atomic E-state index is -4.56. The Kier molecular flexibility index (Phi) is 7.16. The molecule has 1 aliphatic carbocycles. The summed E-state index contributed by atoms with van der Waals surface area (Å²) in [7, 11) is 0. The molecule has 1 aliphatic heterocycles. The van der Waals surface area contributed by atoms with Crippen molar-refractivity contribution in [2.45, 2.75) is 38.3 Å². The Hall–Kier alpha value is -2.09. The number of rotatable bonds is 5. The molecule has 1 aromatic carbocycles. The average Bonchev–Trinajstić information content (AvgIpc) is 2.72. The molecule has 1 N–H and O–H groups in total. The van der Waals surface area contributed by atoms with E-state index in [4.69, 9.17) is 0 Å². The quantitative estimate of drug-likeness (QED) is 0.810. The lowest BCUT2D eigenvalue weighted by Gasteiger charge is -2.34. The van der Waals surface area contributed by atoms with E-state index in [-0.39, 0.29) is 18.0 Å². The van der Waals surface area contributed by atoms with Crippen molar-refractivity contribution in [3.05, 3.63) is 35.4 Å². The van der Waals surface area contributed by atoms with E-state index in [0.717, 1.165) is 6.07 Å². The average molecular weight is 411 g/mol. The zero-order valence-corrected chi connectivity index (χ0v) is 16.5. The third kappa shape index (κ3) is 5.95. The van der Waals surface area contributed by atoms with E-state index in [1.165, 1.54) is 55.2 Å². The van der Waals surface area contributed by atoms with Crippen LogP contribution in [0, 0.1) is 5.92 Å². The van der Waals surface area contributed by atoms with Gasteiger partial charge in [-0.15, -0.1) is 0 Å². The third-order valence-electron chi connectivity index (χ3n) is 5.80. The van der Waals surface area contributed by atoms with Crippen molar-refractivity contribution in [2.24, 2.45) is 5.92 Å². The molecule has 0 atom stereocenters. The van der Waals surface area contributed by atoms with Crippen molar-refractivity contribution in [1.82, 2.24) is 15.1 Å². The highest BCUT2D eigenvalue weighted by Gasteiger charge is 2.36. The fourth-order valence-corrected chi connectivity index (χ4v) is 4.10. The van der Waals surface area contributed by atoms with E-state index in [1.54, 1.807) is 0 Å². The molecule has 160 valence electrons. The smallest absolute Gasteiger partial charge is 0.355 e. The second-order valence-corrected chi connectivity index (χ2v) is 7.92. The van der Waals surface area contributed by atoms with Gasteiger partial charge in [-0.1, -0.05) is 31.4 Å². The van der Waals surface area contributed by atoms with Crippen molar-refractivity contribution in [2.75, 3.05) is 39.3 Å². The molecule has 8 heteroatoms. The molecule has 0 spiro atoms. The summed E-state index contributed by atoms with van der Waals surface area (Å²) in [5, 5.41) is 3.00. The zero-order chi connectivity index (χ0) is 20.9. The molecule has 0 bridgehead atoms. The topological polar surface area (TPSA) is 52.7 Å². The van der Waals surface area contributed by atoms with Gasteiger partial charge in [0.15, 0.2) is 0 Å². The number of nitrogens with one attached hydrogen (secondary N) is 1. The first-order valence-electron chi connectivity index (χ1n) is 10.3. The van der Waals surface area contributed by atoms with Gasteiger partial charge in [-0.3, -0.25) is 14.5 Å². The molecule has 1 saturated carbocycles. The van der Waals surface area contributed by atoms with Crippen molar-refractivity contribution >= 4 is 11.8 Å². The van der Waals surface area contributed by atoms with Crippen LogP contribution in [-0.4, -0.2) is 60.9 Å².